The topological polar surface area (TPSA) is 53.7 Å². The van der Waals surface area contributed by atoms with E-state index in [9.17, 15) is 9.90 Å². The number of piperidine rings is 1. The number of hydrogen-bond donors (Lipinski definition) is 1. The second kappa shape index (κ2) is 6.36. The van der Waals surface area contributed by atoms with Crippen molar-refractivity contribution >= 4 is 11.0 Å². The molecule has 2 atom stereocenters. The molecule has 1 aliphatic heterocycles. The first-order valence-corrected chi connectivity index (χ1v) is 8.47. The van der Waals surface area contributed by atoms with Gasteiger partial charge in [-0.3, -0.25) is 4.90 Å². The molecule has 0 saturated carbocycles. The maximum Gasteiger partial charge on any atom is 0.336 e. The van der Waals surface area contributed by atoms with Crippen LogP contribution in [-0.2, 0) is 13.0 Å². The fourth-order valence-electron chi connectivity index (χ4n) is 3.88. The van der Waals surface area contributed by atoms with Crippen LogP contribution in [0.5, 0.6) is 5.75 Å². The molecule has 1 fully saturated rings. The summed E-state index contributed by atoms with van der Waals surface area (Å²) in [6, 6.07) is 5.13. The highest BCUT2D eigenvalue weighted by molar-refractivity contribution is 5.82. The Kier molecular flexibility index (Phi) is 4.44. The average Bonchev–Trinajstić information content (AvgIpc) is 2.45. The molecule has 3 rings (SSSR count). The standard InChI is InChI=1S/C19H25NO3/c1-4-14-6-16-15(7-19(22)23-18(16)8-17(14)21)11-20-9-12(2)5-13(3)10-20/h6-8,12-13,21H,4-5,9-11H2,1-3H3/t12-,13-/m0/s1. The van der Waals surface area contributed by atoms with E-state index in [0.29, 0.717) is 17.4 Å². The summed E-state index contributed by atoms with van der Waals surface area (Å²) >= 11 is 0. The van der Waals surface area contributed by atoms with Crippen molar-refractivity contribution in [1.82, 2.24) is 4.90 Å². The van der Waals surface area contributed by atoms with Crippen LogP contribution in [0, 0.1) is 11.8 Å². The molecule has 1 aromatic carbocycles. The number of nitrogens with zero attached hydrogens (tertiary/aromatic N) is 1. The Balaban J connectivity index is 2.00. The summed E-state index contributed by atoms with van der Waals surface area (Å²) in [7, 11) is 0. The molecule has 1 aliphatic rings. The quantitative estimate of drug-likeness (QED) is 0.880. The van der Waals surface area contributed by atoms with Crippen LogP contribution in [0.2, 0.25) is 0 Å². The lowest BCUT2D eigenvalue weighted by Gasteiger charge is -2.35. The lowest BCUT2D eigenvalue weighted by molar-refractivity contribution is 0.134. The smallest absolute Gasteiger partial charge is 0.336 e. The summed E-state index contributed by atoms with van der Waals surface area (Å²) in [5.41, 5.74) is 2.00. The summed E-state index contributed by atoms with van der Waals surface area (Å²) in [4.78, 5) is 14.3. The fraction of sp³-hybridized carbons (Fsp3) is 0.526. The second-order valence-electron chi connectivity index (χ2n) is 7.06. The van der Waals surface area contributed by atoms with E-state index in [-0.39, 0.29) is 11.4 Å². The number of aromatic hydroxyl groups is 1. The number of phenols is 1. The van der Waals surface area contributed by atoms with Crippen molar-refractivity contribution in [1.29, 1.82) is 0 Å². The molecule has 0 unspecified atom stereocenters. The SMILES string of the molecule is CCc1cc2c(CN3C[C@@H](C)C[C@H](C)C3)cc(=O)oc2cc1O. The van der Waals surface area contributed by atoms with Gasteiger partial charge >= 0.3 is 5.63 Å². The molecule has 23 heavy (non-hydrogen) atoms. The predicted molar refractivity (Wildman–Crippen MR) is 91.7 cm³/mol. The molecule has 4 heteroatoms. The van der Waals surface area contributed by atoms with E-state index in [2.05, 4.69) is 18.7 Å². The number of likely N-dealkylation sites (tertiary alicyclic amines) is 1. The molecule has 0 spiro atoms. The Labute approximate surface area is 136 Å². The van der Waals surface area contributed by atoms with Gasteiger partial charge in [-0.1, -0.05) is 20.8 Å². The molecule has 2 heterocycles. The zero-order valence-corrected chi connectivity index (χ0v) is 14.1. The van der Waals surface area contributed by atoms with Crippen LogP contribution in [0.15, 0.2) is 27.4 Å². The number of fused-ring (bicyclic) bond motifs is 1. The van der Waals surface area contributed by atoms with Crippen molar-refractivity contribution < 1.29 is 9.52 Å². The molecule has 1 aromatic heterocycles. The molecule has 2 aromatic rings. The molecule has 0 amide bonds. The van der Waals surface area contributed by atoms with Crippen molar-refractivity contribution in [3.63, 3.8) is 0 Å². The second-order valence-corrected chi connectivity index (χ2v) is 7.06. The van der Waals surface area contributed by atoms with Gasteiger partial charge in [0.15, 0.2) is 0 Å². The van der Waals surface area contributed by atoms with Gasteiger partial charge in [0.05, 0.1) is 0 Å². The molecule has 0 bridgehead atoms. The normalized spacial score (nSPS) is 22.6. The maximum absolute atomic E-state index is 11.9. The van der Waals surface area contributed by atoms with E-state index >= 15 is 0 Å². The third-order valence-corrected chi connectivity index (χ3v) is 4.75. The van der Waals surface area contributed by atoms with Crippen molar-refractivity contribution in [3.8, 4) is 5.75 Å². The monoisotopic (exact) mass is 315 g/mol. The van der Waals surface area contributed by atoms with Crippen LogP contribution in [0.3, 0.4) is 0 Å². The van der Waals surface area contributed by atoms with Gasteiger partial charge in [0, 0.05) is 37.2 Å². The van der Waals surface area contributed by atoms with Crippen molar-refractivity contribution in [2.75, 3.05) is 13.1 Å². The maximum atomic E-state index is 11.9. The first kappa shape index (κ1) is 16.1. The van der Waals surface area contributed by atoms with Crippen LogP contribution >= 0.6 is 0 Å². The zero-order valence-electron chi connectivity index (χ0n) is 14.1. The Hall–Kier alpha value is -1.81. The van der Waals surface area contributed by atoms with Crippen LogP contribution in [0.25, 0.3) is 11.0 Å². The number of rotatable bonds is 3. The molecule has 1 saturated heterocycles. The zero-order chi connectivity index (χ0) is 16.6. The average molecular weight is 315 g/mol. The minimum Gasteiger partial charge on any atom is -0.508 e. The number of aryl methyl sites for hydroxylation is 1. The fourth-order valence-corrected chi connectivity index (χ4v) is 3.88. The summed E-state index contributed by atoms with van der Waals surface area (Å²) < 4.78 is 5.28. The molecule has 0 radical (unpaired) electrons. The first-order chi connectivity index (χ1) is 11.0. The largest absolute Gasteiger partial charge is 0.508 e. The minimum atomic E-state index is -0.353. The summed E-state index contributed by atoms with van der Waals surface area (Å²) in [5, 5.41) is 10.9. The van der Waals surface area contributed by atoms with Crippen LogP contribution < -0.4 is 5.63 Å². The molecular formula is C19H25NO3. The number of benzene rings is 1. The first-order valence-electron chi connectivity index (χ1n) is 8.47. The van der Waals surface area contributed by atoms with Crippen molar-refractivity contribution in [3.05, 3.63) is 39.7 Å². The lowest BCUT2D eigenvalue weighted by atomic mass is 9.91. The van der Waals surface area contributed by atoms with Crippen molar-refractivity contribution in [2.24, 2.45) is 11.8 Å². The van der Waals surface area contributed by atoms with Gasteiger partial charge in [0.2, 0.25) is 0 Å². The number of phenolic OH excluding ortho intramolecular Hbond substituents is 1. The van der Waals surface area contributed by atoms with Gasteiger partial charge in [-0.2, -0.15) is 0 Å². The Bertz CT molecular complexity index is 755. The molecule has 0 aliphatic carbocycles. The predicted octanol–water partition coefficient (Wildman–Crippen LogP) is 3.54. The van der Waals surface area contributed by atoms with Gasteiger partial charge in [-0.05, 0) is 41.9 Å². The highest BCUT2D eigenvalue weighted by Gasteiger charge is 2.22. The molecule has 124 valence electrons. The van der Waals surface area contributed by atoms with Crippen LogP contribution in [0.1, 0.15) is 38.3 Å². The van der Waals surface area contributed by atoms with Crippen LogP contribution in [0.4, 0.5) is 0 Å². The van der Waals surface area contributed by atoms with Gasteiger partial charge in [0.1, 0.15) is 11.3 Å². The molecule has 4 nitrogen and oxygen atoms in total. The van der Waals surface area contributed by atoms with E-state index in [1.807, 2.05) is 13.0 Å². The third-order valence-electron chi connectivity index (χ3n) is 4.75. The highest BCUT2D eigenvalue weighted by atomic mass is 16.4. The van der Waals surface area contributed by atoms with E-state index < -0.39 is 0 Å². The minimum absolute atomic E-state index is 0.195. The van der Waals surface area contributed by atoms with E-state index in [0.717, 1.165) is 42.6 Å². The number of hydrogen-bond acceptors (Lipinski definition) is 4. The summed E-state index contributed by atoms with van der Waals surface area (Å²) in [5.74, 6) is 1.56. The van der Waals surface area contributed by atoms with E-state index in [1.165, 1.54) is 6.42 Å². The Morgan fingerprint density at radius 3 is 2.52 bits per heavy atom. The molecular weight excluding hydrogens is 290 g/mol. The lowest BCUT2D eigenvalue weighted by Crippen LogP contribution is -2.38. The Morgan fingerprint density at radius 2 is 1.87 bits per heavy atom. The van der Waals surface area contributed by atoms with E-state index in [1.54, 1.807) is 12.1 Å². The van der Waals surface area contributed by atoms with E-state index in [4.69, 9.17) is 4.42 Å². The van der Waals surface area contributed by atoms with Crippen LogP contribution in [-0.4, -0.2) is 23.1 Å². The Morgan fingerprint density at radius 1 is 1.17 bits per heavy atom. The van der Waals surface area contributed by atoms with Crippen molar-refractivity contribution in [2.45, 2.75) is 40.2 Å². The summed E-state index contributed by atoms with van der Waals surface area (Å²) in [6.45, 7) is 9.45. The molecule has 1 N–H and O–H groups in total. The third kappa shape index (κ3) is 3.42. The summed E-state index contributed by atoms with van der Waals surface area (Å²) in [6.07, 6.45) is 2.01. The van der Waals surface area contributed by atoms with Gasteiger partial charge in [0.25, 0.3) is 0 Å². The van der Waals surface area contributed by atoms with Gasteiger partial charge < -0.3 is 9.52 Å². The van der Waals surface area contributed by atoms with Gasteiger partial charge in [-0.25, -0.2) is 4.79 Å². The highest BCUT2D eigenvalue weighted by Crippen LogP contribution is 2.29. The van der Waals surface area contributed by atoms with Gasteiger partial charge in [-0.15, -0.1) is 0 Å².